The summed E-state index contributed by atoms with van der Waals surface area (Å²) in [5.41, 5.74) is -3.29. The lowest BCUT2D eigenvalue weighted by molar-refractivity contribution is -0.185. The van der Waals surface area contributed by atoms with Gasteiger partial charge in [0, 0.05) is 18.4 Å². The Morgan fingerprint density at radius 1 is 0.725 bits per heavy atom. The van der Waals surface area contributed by atoms with Crippen LogP contribution in [0.25, 0.3) is 0 Å². The summed E-state index contributed by atoms with van der Waals surface area (Å²) < 4.78 is 79.9. The Hall–Kier alpha value is -3.19. The molecule has 0 N–H and O–H groups in total. The first-order valence-corrected chi connectivity index (χ1v) is 12.5. The topological polar surface area (TPSA) is 132 Å². The molecular formula is C26H38F4O10. The highest BCUT2D eigenvalue weighted by atomic mass is 19.3. The van der Waals surface area contributed by atoms with E-state index in [1.54, 1.807) is 0 Å². The largest absolute Gasteiger partial charge is 0.462 e. The monoisotopic (exact) mass is 586 g/mol. The van der Waals surface area contributed by atoms with Crippen molar-refractivity contribution in [2.75, 3.05) is 13.2 Å². The highest BCUT2D eigenvalue weighted by Gasteiger charge is 2.44. The van der Waals surface area contributed by atoms with Crippen molar-refractivity contribution in [2.24, 2.45) is 0 Å². The maximum atomic E-state index is 14.0. The molecule has 0 aliphatic heterocycles. The van der Waals surface area contributed by atoms with Crippen molar-refractivity contribution < 1.29 is 65.2 Å². The molecule has 0 fully saturated rings. The van der Waals surface area contributed by atoms with Crippen LogP contribution in [0, 0.1) is 0 Å². The van der Waals surface area contributed by atoms with Crippen molar-refractivity contribution in [1.82, 2.24) is 0 Å². The van der Waals surface area contributed by atoms with Crippen LogP contribution in [-0.2, 0) is 47.7 Å². The van der Waals surface area contributed by atoms with Crippen molar-refractivity contribution in [3.63, 3.8) is 0 Å². The van der Waals surface area contributed by atoms with Crippen molar-refractivity contribution >= 4 is 29.8 Å². The zero-order valence-electron chi connectivity index (χ0n) is 23.8. The fraction of sp³-hybridized carbons (Fsp3) is 0.731. The first-order valence-electron chi connectivity index (χ1n) is 12.5. The Balaban J connectivity index is 5.46. The Kier molecular flexibility index (Phi) is 13.8. The molecule has 0 aliphatic carbocycles. The lowest BCUT2D eigenvalue weighted by Crippen LogP contribution is -2.41. The van der Waals surface area contributed by atoms with Gasteiger partial charge in [0.15, 0.2) is 0 Å². The molecule has 0 bridgehead atoms. The summed E-state index contributed by atoms with van der Waals surface area (Å²) in [5, 5.41) is 0. The second-order valence-corrected chi connectivity index (χ2v) is 10.1. The van der Waals surface area contributed by atoms with Crippen LogP contribution in [0.2, 0.25) is 0 Å². The molecule has 0 saturated heterocycles. The maximum Gasteiger partial charge on any atom is 0.376 e. The molecule has 0 radical (unpaired) electrons. The van der Waals surface area contributed by atoms with Crippen LogP contribution in [0.15, 0.2) is 12.2 Å². The van der Waals surface area contributed by atoms with Crippen LogP contribution >= 0.6 is 0 Å². The van der Waals surface area contributed by atoms with E-state index in [1.807, 2.05) is 0 Å². The van der Waals surface area contributed by atoms with Crippen molar-refractivity contribution in [3.05, 3.63) is 12.2 Å². The van der Waals surface area contributed by atoms with Crippen LogP contribution in [0.1, 0.15) is 80.6 Å². The van der Waals surface area contributed by atoms with E-state index in [2.05, 4.69) is 16.1 Å². The second-order valence-electron chi connectivity index (χ2n) is 10.1. The van der Waals surface area contributed by atoms with Gasteiger partial charge in [-0.05, 0) is 61.3 Å². The van der Waals surface area contributed by atoms with Gasteiger partial charge >= 0.3 is 41.7 Å². The van der Waals surface area contributed by atoms with E-state index in [1.165, 1.54) is 48.5 Å². The molecule has 0 spiro atoms. The van der Waals surface area contributed by atoms with E-state index in [4.69, 9.17) is 14.2 Å². The first-order chi connectivity index (χ1) is 18.1. The standard InChI is InChI=1S/C26H38F4O10/c1-9-36-21(34)25(27,28)13-11-23(5,6)39-18(31)15-17(38-19(32)16(3)4)20(33)40-24(7,8)12-14-26(29,30)22(35)37-10-2/h17H,3,9-15H2,1-2,4-8H3. The molecule has 0 heterocycles. The van der Waals surface area contributed by atoms with Crippen LogP contribution in [-0.4, -0.2) is 72.2 Å². The Morgan fingerprint density at radius 2 is 1.12 bits per heavy atom. The summed E-state index contributed by atoms with van der Waals surface area (Å²) in [6, 6.07) is 0. The average molecular weight is 587 g/mol. The number of esters is 5. The highest BCUT2D eigenvalue weighted by molar-refractivity contribution is 5.91. The second kappa shape index (κ2) is 15.0. The number of carbonyl (C=O) groups excluding carboxylic acids is 5. The van der Waals surface area contributed by atoms with Gasteiger partial charge in [0.05, 0.1) is 19.6 Å². The molecular weight excluding hydrogens is 548 g/mol. The molecule has 0 aromatic heterocycles. The third-order valence-corrected chi connectivity index (χ3v) is 5.21. The molecule has 40 heavy (non-hydrogen) atoms. The summed E-state index contributed by atoms with van der Waals surface area (Å²) in [4.78, 5) is 60.3. The predicted molar refractivity (Wildman–Crippen MR) is 131 cm³/mol. The van der Waals surface area contributed by atoms with E-state index in [0.717, 1.165) is 0 Å². The van der Waals surface area contributed by atoms with Crippen LogP contribution in [0.5, 0.6) is 0 Å². The third-order valence-electron chi connectivity index (χ3n) is 5.21. The molecule has 1 unspecified atom stereocenters. The average Bonchev–Trinajstić information content (AvgIpc) is 2.81. The first kappa shape index (κ1) is 36.8. The minimum atomic E-state index is -3.86. The molecule has 230 valence electrons. The highest BCUT2D eigenvalue weighted by Crippen LogP contribution is 2.30. The van der Waals surface area contributed by atoms with Crippen LogP contribution < -0.4 is 0 Å². The summed E-state index contributed by atoms with van der Waals surface area (Å²) in [7, 11) is 0. The summed E-state index contributed by atoms with van der Waals surface area (Å²) in [6.45, 7) is 11.9. The number of rotatable bonds is 17. The zero-order valence-corrected chi connectivity index (χ0v) is 23.8. The number of hydrogen-bond acceptors (Lipinski definition) is 10. The summed E-state index contributed by atoms with van der Waals surface area (Å²) in [6.07, 6.45) is -5.85. The molecule has 0 aromatic rings. The number of carbonyl (C=O) groups is 5. The van der Waals surface area contributed by atoms with Gasteiger partial charge in [-0.3, -0.25) is 4.79 Å². The van der Waals surface area contributed by atoms with Gasteiger partial charge in [-0.15, -0.1) is 0 Å². The van der Waals surface area contributed by atoms with Gasteiger partial charge in [-0.1, -0.05) is 6.58 Å². The van der Waals surface area contributed by atoms with Crippen molar-refractivity contribution in [1.29, 1.82) is 0 Å². The van der Waals surface area contributed by atoms with Crippen LogP contribution in [0.4, 0.5) is 17.6 Å². The van der Waals surface area contributed by atoms with E-state index in [9.17, 15) is 41.5 Å². The van der Waals surface area contributed by atoms with Crippen LogP contribution in [0.3, 0.4) is 0 Å². The minimum absolute atomic E-state index is 0.138. The molecule has 1 atom stereocenters. The smallest absolute Gasteiger partial charge is 0.376 e. The number of ether oxygens (including phenoxy) is 5. The molecule has 14 heteroatoms. The van der Waals surface area contributed by atoms with Gasteiger partial charge in [0.25, 0.3) is 0 Å². The fourth-order valence-electron chi connectivity index (χ4n) is 2.94. The van der Waals surface area contributed by atoms with Gasteiger partial charge in [0.1, 0.15) is 11.2 Å². The lowest BCUT2D eigenvalue weighted by Gasteiger charge is -2.30. The van der Waals surface area contributed by atoms with Gasteiger partial charge in [-0.25, -0.2) is 19.2 Å². The van der Waals surface area contributed by atoms with Gasteiger partial charge in [0.2, 0.25) is 6.10 Å². The summed E-state index contributed by atoms with van der Waals surface area (Å²) >= 11 is 0. The SMILES string of the molecule is C=C(C)C(=O)OC(CC(=O)OC(C)(C)CCC(F)(F)C(=O)OCC)C(=O)OC(C)(C)CCC(F)(F)C(=O)OCC. The Labute approximate surface area is 230 Å². The van der Waals surface area contributed by atoms with Crippen molar-refractivity contribution in [3.8, 4) is 0 Å². The maximum absolute atomic E-state index is 14.0. The number of hydrogen-bond donors (Lipinski definition) is 0. The van der Waals surface area contributed by atoms with Gasteiger partial charge in [-0.2, -0.15) is 17.6 Å². The Bertz CT molecular complexity index is 944. The normalized spacial score (nSPS) is 13.1. The molecule has 0 aliphatic rings. The quantitative estimate of drug-likeness (QED) is 0.104. The van der Waals surface area contributed by atoms with Crippen molar-refractivity contribution in [2.45, 2.75) is 110 Å². The molecule has 0 rings (SSSR count). The van der Waals surface area contributed by atoms with E-state index in [0.29, 0.717) is 0 Å². The molecule has 0 amide bonds. The lowest BCUT2D eigenvalue weighted by atomic mass is 9.99. The van der Waals surface area contributed by atoms with Gasteiger partial charge < -0.3 is 23.7 Å². The summed E-state index contributed by atoms with van der Waals surface area (Å²) in [5.74, 6) is -14.7. The van der Waals surface area contributed by atoms with E-state index < -0.39 is 91.1 Å². The molecule has 10 nitrogen and oxygen atoms in total. The third kappa shape index (κ3) is 13.2. The minimum Gasteiger partial charge on any atom is -0.462 e. The number of alkyl halides is 4. The fourth-order valence-corrected chi connectivity index (χ4v) is 2.94. The Morgan fingerprint density at radius 3 is 1.50 bits per heavy atom. The molecule has 0 aromatic carbocycles. The number of halogens is 4. The predicted octanol–water partition coefficient (Wildman–Crippen LogP) is 4.47. The van der Waals surface area contributed by atoms with E-state index >= 15 is 0 Å². The zero-order chi connectivity index (χ0) is 31.5. The van der Waals surface area contributed by atoms with E-state index in [-0.39, 0.29) is 18.8 Å². The molecule has 0 saturated carbocycles.